The zero-order chi connectivity index (χ0) is 20.0. The second kappa shape index (κ2) is 23.3. The van der Waals surface area contributed by atoms with E-state index in [2.05, 4.69) is 34.6 Å². The van der Waals surface area contributed by atoms with Gasteiger partial charge in [0.25, 0.3) is 0 Å². The minimum atomic E-state index is -0.148. The van der Waals surface area contributed by atoms with Crippen molar-refractivity contribution in [2.75, 3.05) is 26.4 Å². The highest BCUT2D eigenvalue weighted by molar-refractivity contribution is 6.58. The molecule has 0 fully saturated rings. The average molecular weight is 409 g/mol. The highest BCUT2D eigenvalue weighted by atomic mass is 28.3. The van der Waals surface area contributed by atoms with Crippen LogP contribution in [0.25, 0.3) is 0 Å². The fourth-order valence-electron chi connectivity index (χ4n) is 2.41. The summed E-state index contributed by atoms with van der Waals surface area (Å²) in [4.78, 5) is 0. The normalized spacial score (nSPS) is 13.3. The molecule has 0 radical (unpaired) electrons. The third-order valence-corrected chi connectivity index (χ3v) is 9.85. The van der Waals surface area contributed by atoms with Crippen LogP contribution in [0.4, 0.5) is 0 Å². The SMILES string of the molecule is CC.CCCOC(C[SiH2]C(C)[SiH2]CC(OCCC)OCCC)OCCC. The van der Waals surface area contributed by atoms with Gasteiger partial charge in [0, 0.05) is 45.5 Å². The first-order valence-electron chi connectivity index (χ1n) is 11.1. The van der Waals surface area contributed by atoms with E-state index < -0.39 is 0 Å². The molecule has 0 amide bonds. The lowest BCUT2D eigenvalue weighted by atomic mass is 10.5. The molecule has 0 aromatic heterocycles. The Labute approximate surface area is 168 Å². The first-order valence-corrected chi connectivity index (χ1v) is 14.8. The van der Waals surface area contributed by atoms with Crippen molar-refractivity contribution in [1.29, 1.82) is 0 Å². The largest absolute Gasteiger partial charge is 0.353 e. The first-order chi connectivity index (χ1) is 12.7. The Kier molecular flexibility index (Phi) is 25.5. The molecule has 0 atom stereocenters. The van der Waals surface area contributed by atoms with Gasteiger partial charge >= 0.3 is 0 Å². The van der Waals surface area contributed by atoms with Crippen LogP contribution in [0, 0.1) is 0 Å². The maximum absolute atomic E-state index is 5.85. The Balaban J connectivity index is 0. The lowest BCUT2D eigenvalue weighted by Crippen LogP contribution is -2.25. The van der Waals surface area contributed by atoms with Crippen LogP contribution >= 0.6 is 0 Å². The summed E-state index contributed by atoms with van der Waals surface area (Å²) < 4.78 is 23.4. The van der Waals surface area contributed by atoms with E-state index in [1.807, 2.05) is 13.8 Å². The van der Waals surface area contributed by atoms with Crippen LogP contribution in [0.1, 0.15) is 74.1 Å². The topological polar surface area (TPSA) is 36.9 Å². The van der Waals surface area contributed by atoms with Crippen LogP contribution in [0.15, 0.2) is 0 Å². The van der Waals surface area contributed by atoms with Crippen molar-refractivity contribution in [2.24, 2.45) is 0 Å². The van der Waals surface area contributed by atoms with Gasteiger partial charge in [-0.3, -0.25) is 0 Å². The molecular weight excluding hydrogens is 360 g/mol. The van der Waals surface area contributed by atoms with E-state index >= 15 is 0 Å². The maximum atomic E-state index is 5.85. The van der Waals surface area contributed by atoms with Crippen molar-refractivity contribution in [3.05, 3.63) is 0 Å². The van der Waals surface area contributed by atoms with Gasteiger partial charge in [-0.05, 0) is 37.8 Å². The van der Waals surface area contributed by atoms with Crippen LogP contribution in [-0.4, -0.2) is 58.0 Å². The molecule has 0 aromatic carbocycles. The van der Waals surface area contributed by atoms with Crippen molar-refractivity contribution >= 4 is 19.0 Å². The quantitative estimate of drug-likeness (QED) is 0.250. The molecule has 160 valence electrons. The van der Waals surface area contributed by atoms with E-state index in [9.17, 15) is 0 Å². The number of hydrogen-bond acceptors (Lipinski definition) is 4. The van der Waals surface area contributed by atoms with E-state index in [0.717, 1.165) is 69.4 Å². The third kappa shape index (κ3) is 19.0. The molecule has 0 aliphatic carbocycles. The average Bonchev–Trinajstić information content (AvgIpc) is 2.68. The second-order valence-electron chi connectivity index (χ2n) is 6.60. The van der Waals surface area contributed by atoms with E-state index in [1.165, 1.54) is 0 Å². The van der Waals surface area contributed by atoms with Crippen molar-refractivity contribution in [3.8, 4) is 0 Å². The van der Waals surface area contributed by atoms with E-state index in [-0.39, 0.29) is 31.6 Å². The van der Waals surface area contributed by atoms with Crippen LogP contribution in [0.5, 0.6) is 0 Å². The predicted octanol–water partition coefficient (Wildman–Crippen LogP) is 4.31. The van der Waals surface area contributed by atoms with Gasteiger partial charge in [-0.15, -0.1) is 0 Å². The molecular formula is C20H48O4Si2. The zero-order valence-electron chi connectivity index (χ0n) is 18.9. The summed E-state index contributed by atoms with van der Waals surface area (Å²) in [6.07, 6.45) is 4.31. The molecule has 0 aliphatic rings. The van der Waals surface area contributed by atoms with Gasteiger partial charge in [0.15, 0.2) is 12.6 Å². The second-order valence-corrected chi connectivity index (χ2v) is 12.9. The standard InChI is InChI=1S/C18H42O4Si2.C2H6/c1-6-10-19-17(20-11-7-2)14-23-16(5)24-15-18(21-12-8-3)22-13-9-4;1-2/h16-18H,6-15,23-24H2,1-5H3;1-2H3. The lowest BCUT2D eigenvalue weighted by molar-refractivity contribution is -0.130. The molecule has 0 saturated carbocycles. The van der Waals surface area contributed by atoms with Crippen molar-refractivity contribution < 1.29 is 18.9 Å². The minimum absolute atomic E-state index is 0.0384. The molecule has 0 rings (SSSR count). The van der Waals surface area contributed by atoms with Crippen molar-refractivity contribution in [3.63, 3.8) is 0 Å². The summed E-state index contributed by atoms with van der Waals surface area (Å²) in [6, 6.07) is 2.29. The summed E-state index contributed by atoms with van der Waals surface area (Å²) in [5, 5.41) is 0.904. The van der Waals surface area contributed by atoms with Crippen molar-refractivity contribution in [2.45, 2.75) is 104 Å². The monoisotopic (exact) mass is 408 g/mol. The van der Waals surface area contributed by atoms with Crippen molar-refractivity contribution in [1.82, 2.24) is 0 Å². The van der Waals surface area contributed by atoms with Gasteiger partial charge in [-0.25, -0.2) is 0 Å². The molecule has 6 heteroatoms. The first kappa shape index (κ1) is 28.5. The number of rotatable bonds is 18. The number of hydrogen-bond donors (Lipinski definition) is 0. The molecule has 4 nitrogen and oxygen atoms in total. The molecule has 0 unspecified atom stereocenters. The molecule has 0 N–H and O–H groups in total. The molecule has 0 spiro atoms. The smallest absolute Gasteiger partial charge is 0.154 e. The fourth-order valence-corrected chi connectivity index (χ4v) is 7.33. The fraction of sp³-hybridized carbons (Fsp3) is 1.00. The Morgan fingerprint density at radius 1 is 0.577 bits per heavy atom. The molecule has 26 heavy (non-hydrogen) atoms. The lowest BCUT2D eigenvalue weighted by Gasteiger charge is -2.22. The van der Waals surface area contributed by atoms with Gasteiger partial charge in [-0.1, -0.05) is 53.6 Å². The summed E-state index contributed by atoms with van der Waals surface area (Å²) in [5.41, 5.74) is 0. The highest BCUT2D eigenvalue weighted by Crippen LogP contribution is 2.13. The van der Waals surface area contributed by atoms with Gasteiger partial charge < -0.3 is 18.9 Å². The Morgan fingerprint density at radius 3 is 1.08 bits per heavy atom. The van der Waals surface area contributed by atoms with E-state index in [1.54, 1.807) is 0 Å². The Bertz CT molecular complexity index is 218. The van der Waals surface area contributed by atoms with Gasteiger partial charge in [0.05, 0.1) is 0 Å². The molecule has 0 heterocycles. The molecule has 0 aliphatic heterocycles. The predicted molar refractivity (Wildman–Crippen MR) is 120 cm³/mol. The maximum Gasteiger partial charge on any atom is 0.154 e. The highest BCUT2D eigenvalue weighted by Gasteiger charge is 2.15. The van der Waals surface area contributed by atoms with Crippen LogP contribution in [0.3, 0.4) is 0 Å². The Hall–Kier alpha value is 0.274. The zero-order valence-corrected chi connectivity index (χ0v) is 21.7. The van der Waals surface area contributed by atoms with Crippen LogP contribution < -0.4 is 0 Å². The van der Waals surface area contributed by atoms with E-state index in [0.29, 0.717) is 0 Å². The molecule has 0 saturated heterocycles. The summed E-state index contributed by atoms with van der Waals surface area (Å²) >= 11 is 0. The molecule has 0 aromatic rings. The minimum Gasteiger partial charge on any atom is -0.353 e. The number of ether oxygens (including phenoxy) is 4. The summed E-state index contributed by atoms with van der Waals surface area (Å²) in [6.45, 7) is 18.3. The van der Waals surface area contributed by atoms with Gasteiger partial charge in [0.1, 0.15) is 0 Å². The van der Waals surface area contributed by atoms with Crippen LogP contribution in [0.2, 0.25) is 17.3 Å². The van der Waals surface area contributed by atoms with E-state index in [4.69, 9.17) is 18.9 Å². The van der Waals surface area contributed by atoms with Gasteiger partial charge in [-0.2, -0.15) is 0 Å². The summed E-state index contributed by atoms with van der Waals surface area (Å²) in [7, 11) is -0.297. The van der Waals surface area contributed by atoms with Crippen LogP contribution in [-0.2, 0) is 18.9 Å². The molecule has 0 bridgehead atoms. The summed E-state index contributed by atoms with van der Waals surface area (Å²) in [5.74, 6) is 0. The van der Waals surface area contributed by atoms with Gasteiger partial charge in [0.2, 0.25) is 0 Å². The Morgan fingerprint density at radius 2 is 0.846 bits per heavy atom. The third-order valence-electron chi connectivity index (χ3n) is 3.82.